The number of aromatic nitrogens is 1. The minimum Gasteiger partial charge on any atom is -0.388 e. The number of thioether (sulfide) groups is 1. The maximum Gasteiger partial charge on any atom is 0.251 e. The van der Waals surface area contributed by atoms with Gasteiger partial charge in [-0.3, -0.25) is 4.79 Å². The van der Waals surface area contributed by atoms with Gasteiger partial charge in [-0.25, -0.2) is 0 Å². The molecule has 1 aromatic heterocycles. The average molecular weight is 265 g/mol. The highest BCUT2D eigenvalue weighted by atomic mass is 32.2. The topological polar surface area (TPSA) is 68.7 Å². The summed E-state index contributed by atoms with van der Waals surface area (Å²) in [7, 11) is 0. The minimum absolute atomic E-state index is 0.108. The molecule has 0 aromatic carbocycles. The van der Waals surface area contributed by atoms with Crippen LogP contribution in [0, 0.1) is 12.3 Å². The number of nitrogens with one attached hydrogen (secondary N) is 3. The summed E-state index contributed by atoms with van der Waals surface area (Å²) in [6.07, 6.45) is 5.18. The Bertz CT molecular complexity index is 505. The van der Waals surface area contributed by atoms with Crippen LogP contribution in [0.2, 0.25) is 0 Å². The predicted molar refractivity (Wildman–Crippen MR) is 79.7 cm³/mol. The molecule has 0 saturated heterocycles. The van der Waals surface area contributed by atoms with E-state index in [0.717, 1.165) is 23.6 Å². The lowest BCUT2D eigenvalue weighted by atomic mass is 10.1. The number of allylic oxidation sites excluding steroid dienone is 1. The Labute approximate surface area is 111 Å². The summed E-state index contributed by atoms with van der Waals surface area (Å²) in [4.78, 5) is 14.4. The molecule has 1 heterocycles. The third-order valence-corrected chi connectivity index (χ3v) is 3.13. The number of hydrogen-bond acceptors (Lipinski definition) is 4. The molecule has 0 fully saturated rings. The van der Waals surface area contributed by atoms with Crippen LogP contribution >= 0.6 is 11.8 Å². The molecule has 0 radical (unpaired) electrons. The van der Waals surface area contributed by atoms with Gasteiger partial charge >= 0.3 is 0 Å². The van der Waals surface area contributed by atoms with E-state index in [1.54, 1.807) is 24.8 Å². The lowest BCUT2D eigenvalue weighted by Crippen LogP contribution is -2.16. The molecule has 0 unspecified atom stereocenters. The third-order valence-electron chi connectivity index (χ3n) is 2.52. The van der Waals surface area contributed by atoms with E-state index in [1.807, 2.05) is 13.0 Å². The van der Waals surface area contributed by atoms with Gasteiger partial charge in [0.05, 0.1) is 5.69 Å². The van der Waals surface area contributed by atoms with E-state index >= 15 is 0 Å². The van der Waals surface area contributed by atoms with E-state index in [2.05, 4.69) is 16.6 Å². The van der Waals surface area contributed by atoms with Gasteiger partial charge in [0.1, 0.15) is 0 Å². The molecule has 3 N–H and O–H groups in total. The van der Waals surface area contributed by atoms with Crippen LogP contribution in [0.15, 0.2) is 16.6 Å². The fourth-order valence-corrected chi connectivity index (χ4v) is 1.83. The first-order valence-corrected chi connectivity index (χ1v) is 7.13. The molecular weight excluding hydrogens is 246 g/mol. The van der Waals surface area contributed by atoms with Crippen molar-refractivity contribution in [3.05, 3.63) is 38.9 Å². The second kappa shape index (κ2) is 7.06. The Morgan fingerprint density at radius 1 is 1.61 bits per heavy atom. The van der Waals surface area contributed by atoms with Gasteiger partial charge in [-0.2, -0.15) is 11.8 Å². The molecule has 4 nitrogen and oxygen atoms in total. The molecule has 98 valence electrons. The number of pyridine rings is 1. The third kappa shape index (κ3) is 4.07. The van der Waals surface area contributed by atoms with Crippen molar-refractivity contribution in [1.29, 1.82) is 5.41 Å². The summed E-state index contributed by atoms with van der Waals surface area (Å²) in [6, 6.07) is 1.73. The van der Waals surface area contributed by atoms with Crippen molar-refractivity contribution in [2.45, 2.75) is 13.8 Å². The average Bonchev–Trinajstić information content (AvgIpc) is 2.34. The van der Waals surface area contributed by atoms with E-state index in [1.165, 1.54) is 6.21 Å². The van der Waals surface area contributed by atoms with Gasteiger partial charge in [0.2, 0.25) is 0 Å². The van der Waals surface area contributed by atoms with E-state index in [9.17, 15) is 4.79 Å². The Morgan fingerprint density at radius 3 is 2.94 bits per heavy atom. The zero-order valence-electron chi connectivity index (χ0n) is 11.0. The lowest BCUT2D eigenvalue weighted by molar-refractivity contribution is 0.869. The second-order valence-corrected chi connectivity index (χ2v) is 5.03. The second-order valence-electron chi connectivity index (χ2n) is 4.04. The maximum absolute atomic E-state index is 11.6. The Hall–Kier alpha value is -1.49. The van der Waals surface area contributed by atoms with Crippen LogP contribution in [0.25, 0.3) is 6.08 Å². The van der Waals surface area contributed by atoms with Gasteiger partial charge in [0.15, 0.2) is 0 Å². The zero-order valence-corrected chi connectivity index (χ0v) is 11.8. The molecule has 0 spiro atoms. The van der Waals surface area contributed by atoms with Crippen molar-refractivity contribution in [3.63, 3.8) is 0 Å². The molecule has 18 heavy (non-hydrogen) atoms. The molecule has 0 aliphatic heterocycles. The molecule has 0 bridgehead atoms. The van der Waals surface area contributed by atoms with Gasteiger partial charge in [-0.1, -0.05) is 0 Å². The van der Waals surface area contributed by atoms with E-state index < -0.39 is 0 Å². The van der Waals surface area contributed by atoms with Crippen molar-refractivity contribution in [1.82, 2.24) is 10.3 Å². The zero-order chi connectivity index (χ0) is 13.5. The summed E-state index contributed by atoms with van der Waals surface area (Å²) in [6.45, 7) is 4.58. The van der Waals surface area contributed by atoms with Gasteiger partial charge in [0.25, 0.3) is 5.56 Å². The molecule has 0 amide bonds. The van der Waals surface area contributed by atoms with Crippen LogP contribution in [0.5, 0.6) is 0 Å². The largest absolute Gasteiger partial charge is 0.388 e. The van der Waals surface area contributed by atoms with Crippen LogP contribution in [0.4, 0.5) is 0 Å². The fourth-order valence-electron chi connectivity index (χ4n) is 1.53. The SMILES string of the molecule is CSCCN/C(C)=C/c1[nH]c(=O)c(C)cc1C=N. The van der Waals surface area contributed by atoms with Crippen molar-refractivity contribution in [2.24, 2.45) is 0 Å². The number of H-pyrrole nitrogens is 1. The Morgan fingerprint density at radius 2 is 2.33 bits per heavy atom. The first-order valence-electron chi connectivity index (χ1n) is 5.74. The van der Waals surface area contributed by atoms with Crippen LogP contribution in [-0.4, -0.2) is 29.8 Å². The highest BCUT2D eigenvalue weighted by Gasteiger charge is 2.02. The lowest BCUT2D eigenvalue weighted by Gasteiger charge is -2.07. The first-order chi connectivity index (χ1) is 8.58. The van der Waals surface area contributed by atoms with Gasteiger partial charge in [-0.15, -0.1) is 0 Å². The summed E-state index contributed by atoms with van der Waals surface area (Å²) < 4.78 is 0. The molecule has 0 atom stereocenters. The predicted octanol–water partition coefficient (Wildman–Crippen LogP) is 1.99. The quantitative estimate of drug-likeness (QED) is 0.544. The fraction of sp³-hybridized carbons (Fsp3) is 0.385. The molecule has 0 saturated carbocycles. The summed E-state index contributed by atoms with van der Waals surface area (Å²) in [5.74, 6) is 1.03. The molecule has 1 aromatic rings. The van der Waals surface area contributed by atoms with Crippen molar-refractivity contribution >= 4 is 24.1 Å². The van der Waals surface area contributed by atoms with Gasteiger partial charge in [0, 0.05) is 35.3 Å². The molecule has 0 aliphatic carbocycles. The summed E-state index contributed by atoms with van der Waals surface area (Å²) in [5.41, 5.74) is 2.89. The number of rotatable bonds is 6. The van der Waals surface area contributed by atoms with Crippen molar-refractivity contribution in [3.8, 4) is 0 Å². The van der Waals surface area contributed by atoms with E-state index in [-0.39, 0.29) is 5.56 Å². The molecular formula is C13H19N3OS. The van der Waals surface area contributed by atoms with Crippen LogP contribution < -0.4 is 10.9 Å². The van der Waals surface area contributed by atoms with Crippen LogP contribution in [0.3, 0.4) is 0 Å². The van der Waals surface area contributed by atoms with Gasteiger partial charge < -0.3 is 15.7 Å². The van der Waals surface area contributed by atoms with Crippen LogP contribution in [-0.2, 0) is 0 Å². The highest BCUT2D eigenvalue weighted by molar-refractivity contribution is 7.98. The molecule has 5 heteroatoms. The smallest absolute Gasteiger partial charge is 0.251 e. The molecule has 1 rings (SSSR count). The normalized spacial score (nSPS) is 11.4. The number of aromatic amines is 1. The summed E-state index contributed by atoms with van der Waals surface area (Å²) in [5, 5.41) is 10.6. The standard InChI is InChI=1S/C13H19N3OS/c1-9-6-11(8-14)12(16-13(9)17)7-10(2)15-4-5-18-3/h6-8,14-15H,4-5H2,1-3H3,(H,16,17)/b10-7+,14-8?. The van der Waals surface area contributed by atoms with E-state index in [4.69, 9.17) is 5.41 Å². The number of aryl methyl sites for hydroxylation is 1. The Balaban J connectivity index is 2.95. The molecule has 0 aliphatic rings. The first kappa shape index (κ1) is 14.6. The van der Waals surface area contributed by atoms with Crippen molar-refractivity contribution in [2.75, 3.05) is 18.6 Å². The number of hydrogen-bond donors (Lipinski definition) is 3. The minimum atomic E-state index is -0.108. The van der Waals surface area contributed by atoms with E-state index in [0.29, 0.717) is 11.3 Å². The highest BCUT2D eigenvalue weighted by Crippen LogP contribution is 2.07. The summed E-state index contributed by atoms with van der Waals surface area (Å²) >= 11 is 1.78. The monoisotopic (exact) mass is 265 g/mol. The van der Waals surface area contributed by atoms with Gasteiger partial charge in [-0.05, 0) is 32.2 Å². The van der Waals surface area contributed by atoms with Crippen molar-refractivity contribution < 1.29 is 0 Å². The maximum atomic E-state index is 11.6. The Kier molecular flexibility index (Phi) is 5.71. The van der Waals surface area contributed by atoms with Crippen LogP contribution in [0.1, 0.15) is 23.7 Å².